The number of methoxy groups -OCH3 is 1. The van der Waals surface area contributed by atoms with Gasteiger partial charge in [0.15, 0.2) is 0 Å². The molecule has 1 unspecified atom stereocenters. The minimum atomic E-state index is -1.08. The number of carboxylic acids is 1. The van der Waals surface area contributed by atoms with Crippen molar-refractivity contribution in [1.29, 1.82) is 0 Å². The Morgan fingerprint density at radius 2 is 2.15 bits per heavy atom. The number of urea groups is 1. The van der Waals surface area contributed by atoms with E-state index in [-0.39, 0.29) is 13.0 Å². The molecule has 0 saturated heterocycles. The van der Waals surface area contributed by atoms with E-state index < -0.39 is 18.0 Å². The Bertz CT molecular complexity index is 476. The second-order valence-corrected chi connectivity index (χ2v) is 4.52. The van der Waals surface area contributed by atoms with E-state index in [9.17, 15) is 9.59 Å². The summed E-state index contributed by atoms with van der Waals surface area (Å²) in [7, 11) is 3.08. The summed E-state index contributed by atoms with van der Waals surface area (Å²) in [4.78, 5) is 24.5. The van der Waals surface area contributed by atoms with Crippen LogP contribution < -0.4 is 10.2 Å². The minimum Gasteiger partial charge on any atom is -0.480 e. The number of aliphatic carboxylic acids is 1. The largest absolute Gasteiger partial charge is 0.480 e. The molecule has 1 aromatic carbocycles. The number of benzene rings is 1. The molecule has 2 N–H and O–H groups in total. The Balaban J connectivity index is 2.70. The maximum Gasteiger partial charge on any atom is 0.326 e. The number of carboxylic acid groups (broad SMARTS) is 1. The first-order chi connectivity index (χ1) is 9.45. The molecule has 0 aliphatic rings. The summed E-state index contributed by atoms with van der Waals surface area (Å²) in [5.74, 6) is -1.08. The van der Waals surface area contributed by atoms with Crippen LogP contribution in [0.5, 0.6) is 0 Å². The predicted molar refractivity (Wildman–Crippen MR) is 76.0 cm³/mol. The summed E-state index contributed by atoms with van der Waals surface area (Å²) in [6.45, 7) is 2.19. The van der Waals surface area contributed by atoms with Crippen LogP contribution in [0, 0.1) is 6.92 Å². The smallest absolute Gasteiger partial charge is 0.326 e. The normalized spacial score (nSPS) is 11.8. The Kier molecular flexibility index (Phi) is 5.99. The summed E-state index contributed by atoms with van der Waals surface area (Å²) in [6, 6.07) is 5.98. The topological polar surface area (TPSA) is 78.9 Å². The van der Waals surface area contributed by atoms with Crippen molar-refractivity contribution in [2.75, 3.05) is 25.7 Å². The summed E-state index contributed by atoms with van der Waals surface area (Å²) in [6.07, 6.45) is 0.221. The molecular weight excluding hydrogens is 260 g/mol. The lowest BCUT2D eigenvalue weighted by atomic mass is 10.2. The fraction of sp³-hybridized carbons (Fsp3) is 0.429. The summed E-state index contributed by atoms with van der Waals surface area (Å²) in [5.41, 5.74) is 1.73. The Morgan fingerprint density at radius 3 is 2.70 bits per heavy atom. The van der Waals surface area contributed by atoms with Gasteiger partial charge in [0.2, 0.25) is 0 Å². The van der Waals surface area contributed by atoms with Crippen molar-refractivity contribution < 1.29 is 19.4 Å². The van der Waals surface area contributed by atoms with Crippen molar-refractivity contribution in [3.05, 3.63) is 29.8 Å². The molecule has 1 aromatic rings. The maximum absolute atomic E-state index is 12.0. The fourth-order valence-electron chi connectivity index (χ4n) is 1.69. The van der Waals surface area contributed by atoms with Crippen LogP contribution in [-0.2, 0) is 9.53 Å². The van der Waals surface area contributed by atoms with E-state index in [1.165, 1.54) is 12.0 Å². The number of hydrogen-bond donors (Lipinski definition) is 2. The molecule has 0 saturated carbocycles. The van der Waals surface area contributed by atoms with Crippen LogP contribution in [-0.4, -0.2) is 43.9 Å². The highest BCUT2D eigenvalue weighted by atomic mass is 16.5. The zero-order valence-corrected chi connectivity index (χ0v) is 11.9. The number of anilines is 1. The molecule has 20 heavy (non-hydrogen) atoms. The van der Waals surface area contributed by atoms with Crippen LogP contribution in [0.3, 0.4) is 0 Å². The van der Waals surface area contributed by atoms with Crippen LogP contribution in [0.25, 0.3) is 0 Å². The van der Waals surface area contributed by atoms with Gasteiger partial charge in [0.1, 0.15) is 6.04 Å². The molecule has 0 aliphatic heterocycles. The zero-order chi connectivity index (χ0) is 15.1. The molecule has 6 nitrogen and oxygen atoms in total. The van der Waals surface area contributed by atoms with E-state index in [4.69, 9.17) is 9.84 Å². The van der Waals surface area contributed by atoms with Crippen LogP contribution in [0.1, 0.15) is 12.0 Å². The standard InChI is InChI=1S/C14H20N2O4/c1-10-5-4-6-11(9-10)16(2)14(19)15-12(13(17)18)7-8-20-3/h4-6,9,12H,7-8H2,1-3H3,(H,15,19)(H,17,18). The van der Waals surface area contributed by atoms with Crippen molar-refractivity contribution in [1.82, 2.24) is 5.32 Å². The molecule has 0 bridgehead atoms. The quantitative estimate of drug-likeness (QED) is 0.830. The zero-order valence-electron chi connectivity index (χ0n) is 11.9. The van der Waals surface area contributed by atoms with Crippen molar-refractivity contribution in [2.24, 2.45) is 0 Å². The number of amides is 2. The van der Waals surface area contributed by atoms with Crippen LogP contribution in [0.15, 0.2) is 24.3 Å². The highest BCUT2D eigenvalue weighted by Crippen LogP contribution is 2.14. The summed E-state index contributed by atoms with van der Waals surface area (Å²) in [5, 5.41) is 11.5. The first-order valence-electron chi connectivity index (χ1n) is 6.28. The first kappa shape index (κ1) is 16.0. The lowest BCUT2D eigenvalue weighted by Gasteiger charge is -2.21. The minimum absolute atomic E-state index is 0.221. The Morgan fingerprint density at radius 1 is 1.45 bits per heavy atom. The predicted octanol–water partition coefficient (Wildman–Crippen LogP) is 1.63. The third-order valence-electron chi connectivity index (χ3n) is 2.90. The number of ether oxygens (including phenoxy) is 1. The summed E-state index contributed by atoms with van der Waals surface area (Å²) >= 11 is 0. The molecule has 0 fully saturated rings. The lowest BCUT2D eigenvalue weighted by Crippen LogP contribution is -2.47. The molecule has 0 spiro atoms. The Hall–Kier alpha value is -2.08. The van der Waals surface area contributed by atoms with Crippen molar-refractivity contribution >= 4 is 17.7 Å². The average Bonchev–Trinajstić information content (AvgIpc) is 2.42. The molecule has 1 atom stereocenters. The highest BCUT2D eigenvalue weighted by molar-refractivity contribution is 5.94. The molecule has 6 heteroatoms. The number of aryl methyl sites for hydroxylation is 1. The first-order valence-corrected chi connectivity index (χ1v) is 6.28. The number of hydrogen-bond acceptors (Lipinski definition) is 3. The van der Waals surface area contributed by atoms with Crippen LogP contribution in [0.2, 0.25) is 0 Å². The second kappa shape index (κ2) is 7.49. The van der Waals surface area contributed by atoms with Gasteiger partial charge in [-0.25, -0.2) is 9.59 Å². The summed E-state index contributed by atoms with van der Waals surface area (Å²) < 4.78 is 4.84. The van der Waals surface area contributed by atoms with Gasteiger partial charge in [0, 0.05) is 32.9 Å². The average molecular weight is 280 g/mol. The SMILES string of the molecule is COCCC(NC(=O)N(C)c1cccc(C)c1)C(=O)O. The second-order valence-electron chi connectivity index (χ2n) is 4.52. The van der Waals surface area contributed by atoms with E-state index >= 15 is 0 Å². The molecule has 0 radical (unpaired) electrons. The van der Waals surface area contributed by atoms with Crippen molar-refractivity contribution in [3.8, 4) is 0 Å². The van der Waals surface area contributed by atoms with E-state index in [1.54, 1.807) is 13.1 Å². The third-order valence-corrected chi connectivity index (χ3v) is 2.90. The number of carbonyl (C=O) groups excluding carboxylic acids is 1. The van der Waals surface area contributed by atoms with Gasteiger partial charge in [0.25, 0.3) is 0 Å². The van der Waals surface area contributed by atoms with E-state index in [0.717, 1.165) is 5.56 Å². The molecule has 0 aromatic heterocycles. The van der Waals surface area contributed by atoms with Gasteiger partial charge >= 0.3 is 12.0 Å². The third kappa shape index (κ3) is 4.55. The van der Waals surface area contributed by atoms with Gasteiger partial charge in [0.05, 0.1) is 0 Å². The number of nitrogens with zero attached hydrogens (tertiary/aromatic N) is 1. The van der Waals surface area contributed by atoms with E-state index in [1.807, 2.05) is 25.1 Å². The molecule has 2 amide bonds. The number of rotatable bonds is 6. The van der Waals surface area contributed by atoms with Gasteiger partial charge in [-0.05, 0) is 24.6 Å². The van der Waals surface area contributed by atoms with Gasteiger partial charge < -0.3 is 15.2 Å². The van der Waals surface area contributed by atoms with Crippen molar-refractivity contribution in [3.63, 3.8) is 0 Å². The fourth-order valence-corrected chi connectivity index (χ4v) is 1.69. The molecule has 110 valence electrons. The monoisotopic (exact) mass is 280 g/mol. The van der Waals surface area contributed by atoms with E-state index in [0.29, 0.717) is 5.69 Å². The lowest BCUT2D eigenvalue weighted by molar-refractivity contribution is -0.139. The van der Waals surface area contributed by atoms with Crippen LogP contribution >= 0.6 is 0 Å². The molecular formula is C14H20N2O4. The van der Waals surface area contributed by atoms with Crippen molar-refractivity contribution in [2.45, 2.75) is 19.4 Å². The van der Waals surface area contributed by atoms with E-state index in [2.05, 4.69) is 5.32 Å². The maximum atomic E-state index is 12.0. The number of carbonyl (C=O) groups is 2. The number of nitrogens with one attached hydrogen (secondary N) is 1. The highest BCUT2D eigenvalue weighted by Gasteiger charge is 2.21. The van der Waals surface area contributed by atoms with Gasteiger partial charge in [-0.2, -0.15) is 0 Å². The molecule has 1 rings (SSSR count). The van der Waals surface area contributed by atoms with Gasteiger partial charge in [-0.3, -0.25) is 4.90 Å². The Labute approximate surface area is 118 Å². The molecule has 0 aliphatic carbocycles. The van der Waals surface area contributed by atoms with Gasteiger partial charge in [-0.1, -0.05) is 12.1 Å². The molecule has 0 heterocycles. The van der Waals surface area contributed by atoms with Gasteiger partial charge in [-0.15, -0.1) is 0 Å². The van der Waals surface area contributed by atoms with Crippen LogP contribution in [0.4, 0.5) is 10.5 Å².